The van der Waals surface area contributed by atoms with Crippen molar-refractivity contribution in [3.63, 3.8) is 0 Å². The number of aromatic nitrogens is 1. The fourth-order valence-electron chi connectivity index (χ4n) is 3.55. The third-order valence-corrected chi connectivity index (χ3v) is 8.32. The number of nitrogens with one attached hydrogen (secondary N) is 2. The largest absolute Gasteiger partial charge is 0.508 e. The number of phenolic OH excluding ortho intramolecular Hbond substituents is 1. The maximum Gasteiger partial charge on any atom is 0.325 e. The lowest BCUT2D eigenvalue weighted by atomic mass is 10.1. The van der Waals surface area contributed by atoms with Gasteiger partial charge in [-0.1, -0.05) is 23.5 Å². The van der Waals surface area contributed by atoms with Crippen molar-refractivity contribution in [2.45, 2.75) is 30.6 Å². The molecular formula is C22H20F4N4O4S2. The van der Waals surface area contributed by atoms with E-state index in [0.717, 1.165) is 29.0 Å². The molecule has 14 heteroatoms. The first-order valence-electron chi connectivity index (χ1n) is 10.4. The van der Waals surface area contributed by atoms with Crippen LogP contribution in [0.5, 0.6) is 5.75 Å². The molecule has 1 aromatic heterocycles. The van der Waals surface area contributed by atoms with Gasteiger partial charge in [-0.2, -0.15) is 21.9 Å². The Bertz CT molecular complexity index is 1430. The van der Waals surface area contributed by atoms with Gasteiger partial charge in [-0.3, -0.25) is 4.79 Å². The number of halogens is 4. The number of phenols is 1. The molecule has 0 atom stereocenters. The summed E-state index contributed by atoms with van der Waals surface area (Å²) in [6.45, 7) is 0.183. The number of rotatable bonds is 6. The smallest absolute Gasteiger partial charge is 0.325 e. The Kier molecular flexibility index (Phi) is 6.47. The highest BCUT2D eigenvalue weighted by Gasteiger charge is 2.65. The molecule has 0 unspecified atom stereocenters. The molecule has 4 rings (SSSR count). The number of amides is 1. The van der Waals surface area contributed by atoms with Gasteiger partial charge in [0.05, 0.1) is 29.9 Å². The first-order chi connectivity index (χ1) is 16.7. The monoisotopic (exact) mass is 544 g/mol. The Labute approximate surface area is 207 Å². The molecule has 0 spiro atoms. The van der Waals surface area contributed by atoms with Crippen LogP contribution in [0.2, 0.25) is 0 Å². The van der Waals surface area contributed by atoms with Gasteiger partial charge in [-0.05, 0) is 43.7 Å². The average Bonchev–Trinajstić information content (AvgIpc) is 3.35. The summed E-state index contributed by atoms with van der Waals surface area (Å²) in [6.07, 6.45) is 1.30. The first-order valence-corrected chi connectivity index (χ1v) is 12.7. The number of nitrogens with zero attached hydrogens (tertiary/aromatic N) is 2. The van der Waals surface area contributed by atoms with E-state index in [-0.39, 0.29) is 25.8 Å². The number of hydrogen-bond donors (Lipinski definition) is 3. The van der Waals surface area contributed by atoms with Crippen LogP contribution in [-0.4, -0.2) is 53.7 Å². The molecule has 8 nitrogen and oxygen atoms in total. The fraction of sp³-hybridized carbons (Fsp3) is 0.273. The van der Waals surface area contributed by atoms with E-state index in [1.807, 2.05) is 0 Å². The highest BCUT2D eigenvalue weighted by Crippen LogP contribution is 2.43. The van der Waals surface area contributed by atoms with Gasteiger partial charge in [0.25, 0.3) is 5.91 Å². The molecule has 1 aliphatic heterocycles. The van der Waals surface area contributed by atoms with Crippen molar-refractivity contribution in [3.05, 3.63) is 58.6 Å². The number of aryl methyl sites for hydroxylation is 1. The number of hydrogen-bond acceptors (Lipinski definition) is 7. The summed E-state index contributed by atoms with van der Waals surface area (Å²) in [6, 6.07) is 8.16. The number of anilines is 3. The van der Waals surface area contributed by atoms with Gasteiger partial charge >= 0.3 is 11.8 Å². The van der Waals surface area contributed by atoms with Crippen molar-refractivity contribution in [1.29, 1.82) is 0 Å². The number of carbonyl (C=O) groups is 1. The molecule has 2 aromatic carbocycles. The molecule has 2 heterocycles. The van der Waals surface area contributed by atoms with E-state index in [9.17, 15) is 35.9 Å². The minimum absolute atomic E-state index is 0.0266. The van der Waals surface area contributed by atoms with Crippen LogP contribution < -0.4 is 10.6 Å². The quantitative estimate of drug-likeness (QED) is 0.387. The van der Waals surface area contributed by atoms with E-state index in [2.05, 4.69) is 15.6 Å². The lowest BCUT2D eigenvalue weighted by molar-refractivity contribution is -0.172. The standard InChI is InChI=1S/C22H20F4N4O4S2/c1-12-6-7-16(31)13(2)18(12)29-19(32)17-9-27-20(35-17)28-14-4-3-5-15(8-14)36(33,34)30-10-21(23,24)22(25,26)11-30/h3-9,31H,10-11H2,1-2H3,(H,27,28)(H,29,32). The van der Waals surface area contributed by atoms with Crippen LogP contribution in [0.15, 0.2) is 47.5 Å². The van der Waals surface area contributed by atoms with E-state index in [1.54, 1.807) is 19.9 Å². The van der Waals surface area contributed by atoms with Gasteiger partial charge in [-0.15, -0.1) is 0 Å². The molecular weight excluding hydrogens is 524 g/mol. The summed E-state index contributed by atoms with van der Waals surface area (Å²) >= 11 is 0.954. The SMILES string of the molecule is Cc1ccc(O)c(C)c1NC(=O)c1cnc(Nc2cccc(S(=O)(=O)N3CC(F)(F)C(F)(F)C3)c2)s1. The second kappa shape index (κ2) is 9.01. The Balaban J connectivity index is 1.50. The van der Waals surface area contributed by atoms with Crippen LogP contribution >= 0.6 is 11.3 Å². The molecule has 192 valence electrons. The number of carbonyl (C=O) groups excluding carboxylic acids is 1. The third-order valence-electron chi connectivity index (χ3n) is 5.62. The van der Waals surface area contributed by atoms with Crippen LogP contribution in [0.3, 0.4) is 0 Å². The normalized spacial score (nSPS) is 17.2. The topological polar surface area (TPSA) is 112 Å². The number of sulfonamides is 1. The zero-order valence-corrected chi connectivity index (χ0v) is 20.5. The van der Waals surface area contributed by atoms with Gasteiger partial charge in [0.1, 0.15) is 10.6 Å². The van der Waals surface area contributed by atoms with Crippen LogP contribution in [0.1, 0.15) is 20.8 Å². The van der Waals surface area contributed by atoms with E-state index in [0.29, 0.717) is 11.3 Å². The predicted octanol–water partition coefficient (Wildman–Crippen LogP) is 4.74. The maximum absolute atomic E-state index is 13.5. The first kappa shape index (κ1) is 25.9. The van der Waals surface area contributed by atoms with Crippen molar-refractivity contribution in [3.8, 4) is 5.75 Å². The zero-order valence-electron chi connectivity index (χ0n) is 18.9. The molecule has 0 bridgehead atoms. The molecule has 0 aliphatic carbocycles. The van der Waals surface area contributed by atoms with Crippen molar-refractivity contribution in [2.75, 3.05) is 23.7 Å². The van der Waals surface area contributed by atoms with Crippen LogP contribution in [0, 0.1) is 13.8 Å². The lowest BCUT2D eigenvalue weighted by Crippen LogP contribution is -2.38. The van der Waals surface area contributed by atoms with Crippen molar-refractivity contribution < 1.29 is 35.9 Å². The molecule has 1 aliphatic rings. The second-order valence-corrected chi connectivity index (χ2v) is 11.2. The van der Waals surface area contributed by atoms with E-state index in [1.165, 1.54) is 24.4 Å². The number of alkyl halides is 4. The number of aromatic hydroxyl groups is 1. The van der Waals surface area contributed by atoms with E-state index >= 15 is 0 Å². The van der Waals surface area contributed by atoms with Crippen molar-refractivity contribution in [1.82, 2.24) is 9.29 Å². The molecule has 0 radical (unpaired) electrons. The summed E-state index contributed by atoms with van der Waals surface area (Å²) in [5.74, 6) is -9.39. The van der Waals surface area contributed by atoms with Gasteiger partial charge in [0.2, 0.25) is 10.0 Å². The van der Waals surface area contributed by atoms with Crippen LogP contribution in [0.25, 0.3) is 0 Å². The molecule has 3 aromatic rings. The summed E-state index contributed by atoms with van der Waals surface area (Å²) < 4.78 is 79.6. The number of thiazole rings is 1. The van der Waals surface area contributed by atoms with Gasteiger partial charge in [0, 0.05) is 11.3 Å². The van der Waals surface area contributed by atoms with Crippen molar-refractivity contribution in [2.24, 2.45) is 0 Å². The zero-order chi connectivity index (χ0) is 26.5. The van der Waals surface area contributed by atoms with Gasteiger partial charge in [-0.25, -0.2) is 13.4 Å². The van der Waals surface area contributed by atoms with Gasteiger partial charge < -0.3 is 15.7 Å². The highest BCUT2D eigenvalue weighted by molar-refractivity contribution is 7.89. The Hall–Kier alpha value is -3.23. The molecule has 36 heavy (non-hydrogen) atoms. The average molecular weight is 545 g/mol. The molecule has 0 saturated carbocycles. The fourth-order valence-corrected chi connectivity index (χ4v) is 5.77. The summed E-state index contributed by atoms with van der Waals surface area (Å²) in [4.78, 5) is 16.5. The van der Waals surface area contributed by atoms with E-state index < -0.39 is 45.8 Å². The van der Waals surface area contributed by atoms with Crippen LogP contribution in [-0.2, 0) is 10.0 Å². The Morgan fingerprint density at radius 1 is 1.11 bits per heavy atom. The minimum Gasteiger partial charge on any atom is -0.508 e. The third kappa shape index (κ3) is 4.75. The summed E-state index contributed by atoms with van der Waals surface area (Å²) in [5.41, 5.74) is 1.89. The molecule has 1 amide bonds. The molecule has 3 N–H and O–H groups in total. The lowest BCUT2D eigenvalue weighted by Gasteiger charge is -2.16. The Morgan fingerprint density at radius 2 is 1.78 bits per heavy atom. The highest BCUT2D eigenvalue weighted by atomic mass is 32.2. The van der Waals surface area contributed by atoms with E-state index in [4.69, 9.17) is 0 Å². The maximum atomic E-state index is 13.5. The summed E-state index contributed by atoms with van der Waals surface area (Å²) in [5, 5.41) is 15.6. The Morgan fingerprint density at radius 3 is 2.44 bits per heavy atom. The second-order valence-electron chi connectivity index (χ2n) is 8.22. The summed E-state index contributed by atoms with van der Waals surface area (Å²) in [7, 11) is -4.62. The minimum atomic E-state index is -4.62. The molecule has 1 saturated heterocycles. The number of benzene rings is 2. The van der Waals surface area contributed by atoms with Crippen molar-refractivity contribution >= 4 is 43.8 Å². The van der Waals surface area contributed by atoms with Gasteiger partial charge in [0.15, 0.2) is 5.13 Å². The predicted molar refractivity (Wildman–Crippen MR) is 126 cm³/mol. The molecule has 1 fully saturated rings. The van der Waals surface area contributed by atoms with Crippen LogP contribution in [0.4, 0.5) is 34.1 Å².